The number of urea groups is 1. The lowest BCUT2D eigenvalue weighted by atomic mass is 10.2. The Kier molecular flexibility index (Phi) is 5.44. The van der Waals surface area contributed by atoms with E-state index >= 15 is 0 Å². The maximum Gasteiger partial charge on any atom is 0.315 e. The summed E-state index contributed by atoms with van der Waals surface area (Å²) in [6.07, 6.45) is 5.24. The number of nitro benzene ring substituents is 1. The van der Waals surface area contributed by atoms with Gasteiger partial charge in [-0.05, 0) is 31.1 Å². The highest BCUT2D eigenvalue weighted by molar-refractivity contribution is 7.99. The van der Waals surface area contributed by atoms with Crippen LogP contribution in [0.4, 0.5) is 10.5 Å². The molecule has 0 saturated heterocycles. The summed E-state index contributed by atoms with van der Waals surface area (Å²) in [5.74, 6) is 0. The van der Waals surface area contributed by atoms with E-state index in [-0.39, 0.29) is 24.3 Å². The van der Waals surface area contributed by atoms with Crippen LogP contribution in [-0.2, 0) is 6.54 Å². The molecule has 1 aliphatic rings. The number of nitrogens with one attached hydrogen (secondary N) is 2. The first kappa shape index (κ1) is 15.6. The number of nitro groups is 1. The molecule has 114 valence electrons. The predicted octanol–water partition coefficient (Wildman–Crippen LogP) is 2.68. The zero-order chi connectivity index (χ0) is 15.2. The van der Waals surface area contributed by atoms with Gasteiger partial charge in [0.25, 0.3) is 5.69 Å². The minimum Gasteiger partial charge on any atom is -0.335 e. The van der Waals surface area contributed by atoms with Gasteiger partial charge in [0.15, 0.2) is 0 Å². The second-order valence-electron chi connectivity index (χ2n) is 5.12. The van der Waals surface area contributed by atoms with Crippen molar-refractivity contribution in [1.82, 2.24) is 10.6 Å². The number of carbonyl (C=O) groups is 1. The standard InChI is InChI=1S/C14H19N3O3S/c1-21-13-6-5-11(8-13)16-14(18)15-9-10-3-2-4-12(7-10)17(19)20/h2-4,7,11,13H,5-6,8-9H2,1H3,(H2,15,16,18)/t11-,13-/m0/s1. The van der Waals surface area contributed by atoms with Crippen LogP contribution in [0.25, 0.3) is 0 Å². The molecule has 2 rings (SSSR count). The van der Waals surface area contributed by atoms with Crippen LogP contribution in [0.5, 0.6) is 0 Å². The molecule has 0 aliphatic heterocycles. The Morgan fingerprint density at radius 3 is 2.95 bits per heavy atom. The van der Waals surface area contributed by atoms with Crippen LogP contribution in [0, 0.1) is 10.1 Å². The largest absolute Gasteiger partial charge is 0.335 e. The van der Waals surface area contributed by atoms with Crippen molar-refractivity contribution in [2.75, 3.05) is 6.26 Å². The topological polar surface area (TPSA) is 84.3 Å². The van der Waals surface area contributed by atoms with Gasteiger partial charge >= 0.3 is 6.03 Å². The van der Waals surface area contributed by atoms with Crippen molar-refractivity contribution in [3.05, 3.63) is 39.9 Å². The molecular weight excluding hydrogens is 290 g/mol. The summed E-state index contributed by atoms with van der Waals surface area (Å²) in [4.78, 5) is 22.1. The summed E-state index contributed by atoms with van der Waals surface area (Å²) in [6, 6.07) is 6.30. The summed E-state index contributed by atoms with van der Waals surface area (Å²) >= 11 is 1.84. The van der Waals surface area contributed by atoms with Crippen LogP contribution in [0.2, 0.25) is 0 Å². The molecule has 1 fully saturated rings. The fourth-order valence-corrected chi connectivity index (χ4v) is 3.28. The van der Waals surface area contributed by atoms with E-state index in [1.807, 2.05) is 11.8 Å². The second kappa shape index (κ2) is 7.31. The second-order valence-corrected chi connectivity index (χ2v) is 6.26. The fourth-order valence-electron chi connectivity index (χ4n) is 2.48. The molecule has 0 spiro atoms. The third-order valence-corrected chi connectivity index (χ3v) is 4.72. The maximum atomic E-state index is 11.8. The van der Waals surface area contributed by atoms with Gasteiger partial charge in [0, 0.05) is 30.0 Å². The normalized spacial score (nSPS) is 21.0. The molecule has 21 heavy (non-hydrogen) atoms. The Bertz CT molecular complexity index is 524. The molecule has 0 unspecified atom stereocenters. The monoisotopic (exact) mass is 309 g/mol. The molecule has 2 N–H and O–H groups in total. The van der Waals surface area contributed by atoms with Gasteiger partial charge in [-0.1, -0.05) is 12.1 Å². The molecule has 2 atom stereocenters. The number of nitrogens with zero attached hydrogens (tertiary/aromatic N) is 1. The number of thioether (sulfide) groups is 1. The summed E-state index contributed by atoms with van der Waals surface area (Å²) < 4.78 is 0. The molecule has 1 aliphatic carbocycles. The van der Waals surface area contributed by atoms with Gasteiger partial charge in [-0.3, -0.25) is 10.1 Å². The number of hydrogen-bond acceptors (Lipinski definition) is 4. The lowest BCUT2D eigenvalue weighted by Gasteiger charge is -2.13. The zero-order valence-corrected chi connectivity index (χ0v) is 12.7. The van der Waals surface area contributed by atoms with E-state index < -0.39 is 4.92 Å². The SMILES string of the molecule is CS[C@H]1CC[C@H](NC(=O)NCc2cccc([N+](=O)[O-])c2)C1. The third-order valence-electron chi connectivity index (χ3n) is 3.63. The zero-order valence-electron chi connectivity index (χ0n) is 11.9. The molecule has 7 heteroatoms. The van der Waals surface area contributed by atoms with Gasteiger partial charge < -0.3 is 10.6 Å². The number of non-ortho nitro benzene ring substituents is 1. The van der Waals surface area contributed by atoms with Crippen LogP contribution >= 0.6 is 11.8 Å². The van der Waals surface area contributed by atoms with E-state index in [9.17, 15) is 14.9 Å². The van der Waals surface area contributed by atoms with Crippen molar-refractivity contribution in [1.29, 1.82) is 0 Å². The van der Waals surface area contributed by atoms with Gasteiger partial charge in [0.05, 0.1) is 4.92 Å². The van der Waals surface area contributed by atoms with E-state index in [0.29, 0.717) is 10.8 Å². The Hall–Kier alpha value is -1.76. The number of hydrogen-bond donors (Lipinski definition) is 2. The summed E-state index contributed by atoms with van der Waals surface area (Å²) in [7, 11) is 0. The highest BCUT2D eigenvalue weighted by atomic mass is 32.2. The third kappa shape index (κ3) is 4.63. The predicted molar refractivity (Wildman–Crippen MR) is 83.4 cm³/mol. The van der Waals surface area contributed by atoms with Gasteiger partial charge in [-0.2, -0.15) is 11.8 Å². The lowest BCUT2D eigenvalue weighted by molar-refractivity contribution is -0.384. The molecule has 1 saturated carbocycles. The average Bonchev–Trinajstić information content (AvgIpc) is 2.93. The van der Waals surface area contributed by atoms with Crippen molar-refractivity contribution in [2.24, 2.45) is 0 Å². The average molecular weight is 309 g/mol. The molecule has 1 aromatic carbocycles. The highest BCUT2D eigenvalue weighted by Crippen LogP contribution is 2.27. The summed E-state index contributed by atoms with van der Waals surface area (Å²) in [5.41, 5.74) is 0.751. The quantitative estimate of drug-likeness (QED) is 0.647. The molecular formula is C14H19N3O3S. The number of benzene rings is 1. The molecule has 1 aromatic rings. The van der Waals surface area contributed by atoms with Crippen molar-refractivity contribution in [3.63, 3.8) is 0 Å². The molecule has 6 nitrogen and oxygen atoms in total. The molecule has 0 aromatic heterocycles. The van der Waals surface area contributed by atoms with Gasteiger partial charge in [0.1, 0.15) is 0 Å². The van der Waals surface area contributed by atoms with E-state index in [1.54, 1.807) is 12.1 Å². The van der Waals surface area contributed by atoms with Crippen LogP contribution in [-0.4, -0.2) is 28.5 Å². The number of rotatable bonds is 5. The Labute approximate surface area is 127 Å². The highest BCUT2D eigenvalue weighted by Gasteiger charge is 2.24. The Morgan fingerprint density at radius 2 is 2.29 bits per heavy atom. The Morgan fingerprint density at radius 1 is 1.48 bits per heavy atom. The number of amides is 2. The van der Waals surface area contributed by atoms with E-state index in [0.717, 1.165) is 19.3 Å². The van der Waals surface area contributed by atoms with Gasteiger partial charge in [0.2, 0.25) is 0 Å². The van der Waals surface area contributed by atoms with Crippen molar-refractivity contribution in [3.8, 4) is 0 Å². The summed E-state index contributed by atoms with van der Waals surface area (Å²) in [5, 5.41) is 17.0. The first-order valence-electron chi connectivity index (χ1n) is 6.89. The fraction of sp³-hybridized carbons (Fsp3) is 0.500. The minimum atomic E-state index is -0.440. The maximum absolute atomic E-state index is 11.8. The van der Waals surface area contributed by atoms with Crippen LogP contribution in [0.15, 0.2) is 24.3 Å². The molecule has 0 bridgehead atoms. The molecule has 2 amide bonds. The number of carbonyl (C=O) groups excluding carboxylic acids is 1. The van der Waals surface area contributed by atoms with Gasteiger partial charge in [-0.15, -0.1) is 0 Å². The Balaban J connectivity index is 1.79. The summed E-state index contributed by atoms with van der Waals surface area (Å²) in [6.45, 7) is 0.284. The van der Waals surface area contributed by atoms with Crippen molar-refractivity contribution >= 4 is 23.5 Å². The van der Waals surface area contributed by atoms with Crippen LogP contribution < -0.4 is 10.6 Å². The van der Waals surface area contributed by atoms with E-state index in [4.69, 9.17) is 0 Å². The van der Waals surface area contributed by atoms with E-state index in [2.05, 4.69) is 16.9 Å². The van der Waals surface area contributed by atoms with Gasteiger partial charge in [-0.25, -0.2) is 4.79 Å². The minimum absolute atomic E-state index is 0.0355. The lowest BCUT2D eigenvalue weighted by Crippen LogP contribution is -2.40. The van der Waals surface area contributed by atoms with Crippen LogP contribution in [0.3, 0.4) is 0 Å². The smallest absolute Gasteiger partial charge is 0.315 e. The van der Waals surface area contributed by atoms with Crippen molar-refractivity contribution < 1.29 is 9.72 Å². The van der Waals surface area contributed by atoms with E-state index in [1.165, 1.54) is 12.1 Å². The van der Waals surface area contributed by atoms with Crippen molar-refractivity contribution in [2.45, 2.75) is 37.1 Å². The first-order chi connectivity index (χ1) is 10.1. The first-order valence-corrected chi connectivity index (χ1v) is 8.17. The molecule has 0 heterocycles. The molecule has 0 radical (unpaired) electrons. The van der Waals surface area contributed by atoms with Crippen LogP contribution in [0.1, 0.15) is 24.8 Å².